The molecule has 2 aromatic rings. The average molecular weight is 370 g/mol. The van der Waals surface area contributed by atoms with Gasteiger partial charge in [-0.1, -0.05) is 0 Å². The number of hydrogen-bond acceptors (Lipinski definition) is 4. The van der Waals surface area contributed by atoms with Crippen molar-refractivity contribution in [3.05, 3.63) is 42.2 Å². The van der Waals surface area contributed by atoms with E-state index in [1.807, 2.05) is 13.0 Å². The maximum Gasteiger partial charge on any atom is 0.419 e. The minimum atomic E-state index is -0.543. The molecule has 2 aliphatic rings. The van der Waals surface area contributed by atoms with Crippen molar-refractivity contribution in [2.24, 2.45) is 0 Å². The predicted octanol–water partition coefficient (Wildman–Crippen LogP) is 4.70. The molecule has 27 heavy (non-hydrogen) atoms. The Morgan fingerprint density at radius 3 is 2.70 bits per heavy atom. The van der Waals surface area contributed by atoms with Crippen molar-refractivity contribution in [3.63, 3.8) is 0 Å². The summed E-state index contributed by atoms with van der Waals surface area (Å²) in [7, 11) is 0. The Morgan fingerprint density at radius 2 is 2.07 bits per heavy atom. The molecular formula is C21H28N3O3+. The number of aryl methyl sites for hydroxylation is 1. The van der Waals surface area contributed by atoms with E-state index in [-0.39, 0.29) is 5.95 Å². The van der Waals surface area contributed by atoms with Gasteiger partial charge < -0.3 is 9.15 Å². The van der Waals surface area contributed by atoms with Crippen LogP contribution in [-0.4, -0.2) is 36.8 Å². The predicted molar refractivity (Wildman–Crippen MR) is 106 cm³/mol. The first kappa shape index (κ1) is 18.1. The molecule has 3 heterocycles. The Balaban J connectivity index is 1.54. The highest BCUT2D eigenvalue weighted by Crippen LogP contribution is 2.38. The van der Waals surface area contributed by atoms with Gasteiger partial charge in [0.25, 0.3) is 5.95 Å². The summed E-state index contributed by atoms with van der Waals surface area (Å²) in [5.74, 6) is 0.186. The summed E-state index contributed by atoms with van der Waals surface area (Å²) in [5.41, 5.74) is 3.13. The van der Waals surface area contributed by atoms with E-state index >= 15 is 0 Å². The lowest BCUT2D eigenvalue weighted by atomic mass is 10.1. The maximum absolute atomic E-state index is 12.1. The van der Waals surface area contributed by atoms with Crippen LogP contribution >= 0.6 is 0 Å². The summed E-state index contributed by atoms with van der Waals surface area (Å²) in [5, 5.41) is 5.48. The Labute approximate surface area is 160 Å². The van der Waals surface area contributed by atoms with Crippen molar-refractivity contribution in [2.75, 3.05) is 25.0 Å². The first-order chi connectivity index (χ1) is 13.1. The van der Waals surface area contributed by atoms with E-state index in [4.69, 9.17) is 9.15 Å². The van der Waals surface area contributed by atoms with E-state index < -0.39 is 6.09 Å². The first-order valence-corrected chi connectivity index (χ1v) is 9.86. The van der Waals surface area contributed by atoms with Crippen LogP contribution in [0.3, 0.4) is 0 Å². The molecule has 1 atom stereocenters. The van der Waals surface area contributed by atoms with E-state index in [2.05, 4.69) is 29.4 Å². The summed E-state index contributed by atoms with van der Waals surface area (Å²) in [4.78, 5) is 12.1. The zero-order valence-corrected chi connectivity index (χ0v) is 16.1. The van der Waals surface area contributed by atoms with Crippen molar-refractivity contribution in [3.8, 4) is 5.95 Å². The van der Waals surface area contributed by atoms with Gasteiger partial charge in [-0.25, -0.2) is 9.39 Å². The summed E-state index contributed by atoms with van der Waals surface area (Å²) in [6, 6.07) is 10.3. The molecule has 6 nitrogen and oxygen atoms in total. The van der Waals surface area contributed by atoms with Crippen LogP contribution in [0.15, 0.2) is 41.0 Å². The number of amides is 1. The van der Waals surface area contributed by atoms with Gasteiger partial charge in [-0.15, -0.1) is 5.01 Å². The van der Waals surface area contributed by atoms with E-state index in [1.54, 1.807) is 12.1 Å². The molecule has 1 aromatic carbocycles. The molecule has 2 aliphatic heterocycles. The fraction of sp³-hybridized carbons (Fsp3) is 0.476. The Bertz CT molecular complexity index is 797. The second kappa shape index (κ2) is 7.37. The number of ether oxygens (including phenoxy) is 1. The number of nitrogens with one attached hydrogen (secondary N) is 1. The number of rotatable bonds is 4. The lowest BCUT2D eigenvalue weighted by Crippen LogP contribution is -2.61. The van der Waals surface area contributed by atoms with Gasteiger partial charge in [0.05, 0.1) is 12.3 Å². The molecular weight excluding hydrogens is 342 g/mol. The van der Waals surface area contributed by atoms with Gasteiger partial charge in [0, 0.05) is 43.3 Å². The van der Waals surface area contributed by atoms with Crippen molar-refractivity contribution in [1.29, 1.82) is 0 Å². The summed E-state index contributed by atoms with van der Waals surface area (Å²) in [6.45, 7) is 7.87. The summed E-state index contributed by atoms with van der Waals surface area (Å²) < 4.78 is 11.1. The standard InChI is InChI=1S/C21H27N3O3/c1-16-15-18(24(12-3-4-13-24)23-11-5-7-17(23)2)9-10-19(16)22-21(25)27-20-8-6-14-26-20/h6,8-10,14-15,17H,3-5,7,11-13H2,1-2H3/p+1/t17-/m0/s1. The third-order valence-corrected chi connectivity index (χ3v) is 5.93. The van der Waals surface area contributed by atoms with Gasteiger partial charge in [0.2, 0.25) is 0 Å². The molecule has 0 radical (unpaired) electrons. The molecule has 1 N–H and O–H groups in total. The third kappa shape index (κ3) is 3.47. The molecule has 0 saturated carbocycles. The molecule has 2 fully saturated rings. The second-order valence-electron chi connectivity index (χ2n) is 7.68. The van der Waals surface area contributed by atoms with Gasteiger partial charge in [-0.3, -0.25) is 5.32 Å². The molecule has 0 spiro atoms. The maximum atomic E-state index is 12.1. The summed E-state index contributed by atoms with van der Waals surface area (Å²) in [6.07, 6.45) is 6.01. The molecule has 2 saturated heterocycles. The topological polar surface area (TPSA) is 54.7 Å². The molecule has 144 valence electrons. The number of benzene rings is 1. The number of nitrogens with zero attached hydrogens (tertiary/aromatic N) is 2. The monoisotopic (exact) mass is 370 g/mol. The van der Waals surface area contributed by atoms with Crippen LogP contribution in [0.5, 0.6) is 5.95 Å². The number of anilines is 1. The van der Waals surface area contributed by atoms with E-state index in [9.17, 15) is 4.79 Å². The van der Waals surface area contributed by atoms with Gasteiger partial charge in [-0.2, -0.15) is 0 Å². The Kier molecular flexibility index (Phi) is 4.93. The van der Waals surface area contributed by atoms with E-state index in [0.29, 0.717) is 6.04 Å². The average Bonchev–Trinajstić information content (AvgIpc) is 3.38. The van der Waals surface area contributed by atoms with Gasteiger partial charge in [0.15, 0.2) is 5.69 Å². The number of carbonyl (C=O) groups excluding carboxylic acids is 1. The van der Waals surface area contributed by atoms with Crippen molar-refractivity contribution in [1.82, 2.24) is 9.60 Å². The van der Waals surface area contributed by atoms with Crippen molar-refractivity contribution >= 4 is 17.5 Å². The fourth-order valence-corrected chi connectivity index (χ4v) is 4.60. The Morgan fingerprint density at radius 1 is 1.26 bits per heavy atom. The molecule has 0 aliphatic carbocycles. The number of carbonyl (C=O) groups is 1. The fourth-order valence-electron chi connectivity index (χ4n) is 4.60. The smallest absolute Gasteiger partial charge is 0.419 e. The number of hydrogen-bond donors (Lipinski definition) is 1. The van der Waals surface area contributed by atoms with Gasteiger partial charge >= 0.3 is 6.09 Å². The van der Waals surface area contributed by atoms with Gasteiger partial charge in [-0.05, 0) is 44.4 Å². The van der Waals surface area contributed by atoms with Crippen LogP contribution in [-0.2, 0) is 0 Å². The molecule has 0 unspecified atom stereocenters. The third-order valence-electron chi connectivity index (χ3n) is 5.93. The number of furan rings is 1. The molecule has 0 bridgehead atoms. The second-order valence-corrected chi connectivity index (χ2v) is 7.68. The van der Waals surface area contributed by atoms with Crippen LogP contribution in [0, 0.1) is 6.92 Å². The lowest BCUT2D eigenvalue weighted by molar-refractivity contribution is -0.00237. The van der Waals surface area contributed by atoms with Crippen LogP contribution < -0.4 is 14.6 Å². The highest BCUT2D eigenvalue weighted by Gasteiger charge is 2.45. The quantitative estimate of drug-likeness (QED) is 0.793. The van der Waals surface area contributed by atoms with Gasteiger partial charge in [0.1, 0.15) is 13.1 Å². The largest absolute Gasteiger partial charge is 0.434 e. The highest BCUT2D eigenvalue weighted by atomic mass is 16.6. The summed E-state index contributed by atoms with van der Waals surface area (Å²) >= 11 is 0. The Hall–Kier alpha value is -2.31. The first-order valence-electron chi connectivity index (χ1n) is 9.86. The van der Waals surface area contributed by atoms with E-state index in [0.717, 1.165) is 35.5 Å². The normalized spacial score (nSPS) is 22.1. The molecule has 6 heteroatoms. The highest BCUT2D eigenvalue weighted by molar-refractivity contribution is 5.87. The zero-order valence-electron chi connectivity index (χ0n) is 16.1. The van der Waals surface area contributed by atoms with Crippen molar-refractivity contribution in [2.45, 2.75) is 45.6 Å². The van der Waals surface area contributed by atoms with Crippen LogP contribution in [0.25, 0.3) is 0 Å². The minimum absolute atomic E-state index is 0.186. The van der Waals surface area contributed by atoms with Crippen LogP contribution in [0.4, 0.5) is 16.2 Å². The van der Waals surface area contributed by atoms with Crippen LogP contribution in [0.2, 0.25) is 0 Å². The van der Waals surface area contributed by atoms with Crippen LogP contribution in [0.1, 0.15) is 38.2 Å². The lowest BCUT2D eigenvalue weighted by Gasteiger charge is -2.43. The zero-order chi connectivity index (χ0) is 18.9. The SMILES string of the molecule is Cc1cc([N+]2(N3CCC[C@@H]3C)CCCC2)ccc1NC(=O)Oc1ccco1. The minimum Gasteiger partial charge on any atom is -0.434 e. The molecule has 4 rings (SSSR count). The van der Waals surface area contributed by atoms with Crippen molar-refractivity contribution < 1.29 is 13.9 Å². The number of quaternary nitrogens is 1. The van der Waals surface area contributed by atoms with E-state index in [1.165, 1.54) is 37.6 Å². The molecule has 1 amide bonds. The molecule has 1 aromatic heterocycles.